The Morgan fingerprint density at radius 1 is 1.36 bits per heavy atom. The van der Waals surface area contributed by atoms with Crippen LogP contribution < -0.4 is 5.32 Å². The molecule has 1 aromatic carbocycles. The fourth-order valence-electron chi connectivity index (χ4n) is 3.07. The topological polar surface area (TPSA) is 49.4 Å². The number of halogens is 1. The zero-order valence-corrected chi connectivity index (χ0v) is 15.7. The Labute approximate surface area is 156 Å². The zero-order chi connectivity index (χ0) is 17.8. The summed E-state index contributed by atoms with van der Waals surface area (Å²) in [6.45, 7) is 3.35. The number of thiophene rings is 1. The van der Waals surface area contributed by atoms with Crippen LogP contribution in [-0.4, -0.2) is 29.3 Å². The smallest absolute Gasteiger partial charge is 0.251 e. The van der Waals surface area contributed by atoms with Gasteiger partial charge in [0, 0.05) is 28.6 Å². The van der Waals surface area contributed by atoms with Crippen molar-refractivity contribution in [2.45, 2.75) is 38.8 Å². The summed E-state index contributed by atoms with van der Waals surface area (Å²) in [7, 11) is 0. The Balaban J connectivity index is 1.70. The lowest BCUT2D eigenvalue weighted by molar-refractivity contribution is -0.134. The predicted molar refractivity (Wildman–Crippen MR) is 101 cm³/mol. The molecule has 0 fully saturated rings. The first-order valence-corrected chi connectivity index (χ1v) is 9.74. The maximum atomic E-state index is 12.9. The Bertz CT molecular complexity index is 774. The molecule has 0 radical (unpaired) electrons. The minimum absolute atomic E-state index is 0.00548. The normalized spacial score (nSPS) is 14.7. The molecule has 2 aromatic rings. The quantitative estimate of drug-likeness (QED) is 0.860. The number of fused-ring (bicyclic) bond motifs is 1. The van der Waals surface area contributed by atoms with Crippen LogP contribution in [0.5, 0.6) is 0 Å². The van der Waals surface area contributed by atoms with Crippen LogP contribution in [0.3, 0.4) is 0 Å². The van der Waals surface area contributed by atoms with Crippen molar-refractivity contribution in [2.24, 2.45) is 0 Å². The highest BCUT2D eigenvalue weighted by atomic mass is 35.5. The van der Waals surface area contributed by atoms with Gasteiger partial charge in [-0.15, -0.1) is 11.3 Å². The molecule has 1 N–H and O–H groups in total. The van der Waals surface area contributed by atoms with E-state index in [4.69, 9.17) is 11.6 Å². The summed E-state index contributed by atoms with van der Waals surface area (Å²) in [4.78, 5) is 28.6. The van der Waals surface area contributed by atoms with Crippen molar-refractivity contribution < 1.29 is 9.59 Å². The molecule has 1 aliphatic heterocycles. The number of hydrogen-bond donors (Lipinski definition) is 1. The maximum absolute atomic E-state index is 12.9. The molecule has 0 saturated heterocycles. The van der Waals surface area contributed by atoms with Crippen LogP contribution in [0.25, 0.3) is 0 Å². The average molecular weight is 377 g/mol. The molecule has 0 spiro atoms. The van der Waals surface area contributed by atoms with Crippen molar-refractivity contribution in [3.05, 3.63) is 56.7 Å². The lowest BCUT2D eigenvalue weighted by atomic mass is 10.1. The van der Waals surface area contributed by atoms with Crippen molar-refractivity contribution >= 4 is 34.8 Å². The third kappa shape index (κ3) is 4.22. The van der Waals surface area contributed by atoms with Gasteiger partial charge in [-0.3, -0.25) is 9.59 Å². The lowest BCUT2D eigenvalue weighted by Gasteiger charge is -2.31. The van der Waals surface area contributed by atoms with E-state index in [1.165, 1.54) is 10.4 Å². The first-order chi connectivity index (χ1) is 12.1. The van der Waals surface area contributed by atoms with E-state index in [9.17, 15) is 9.59 Å². The summed E-state index contributed by atoms with van der Waals surface area (Å²) < 4.78 is 0. The van der Waals surface area contributed by atoms with Crippen LogP contribution in [0, 0.1) is 0 Å². The number of hydrogen-bond acceptors (Lipinski definition) is 3. The number of rotatable bonds is 5. The summed E-state index contributed by atoms with van der Waals surface area (Å²) in [6, 6.07) is 8.35. The molecule has 2 amide bonds. The van der Waals surface area contributed by atoms with Crippen LogP contribution in [-0.2, 0) is 17.8 Å². The van der Waals surface area contributed by atoms with Crippen LogP contribution >= 0.6 is 22.9 Å². The van der Waals surface area contributed by atoms with Crippen molar-refractivity contribution in [1.82, 2.24) is 10.2 Å². The third-order valence-corrected chi connectivity index (χ3v) is 5.65. The monoisotopic (exact) mass is 376 g/mol. The fraction of sp³-hybridized carbons (Fsp3) is 0.368. The molecule has 3 rings (SSSR count). The van der Waals surface area contributed by atoms with Crippen LogP contribution in [0.1, 0.15) is 40.6 Å². The van der Waals surface area contributed by atoms with E-state index in [1.807, 2.05) is 11.8 Å². The highest BCUT2D eigenvalue weighted by Gasteiger charge is 2.28. The van der Waals surface area contributed by atoms with Gasteiger partial charge in [0.1, 0.15) is 6.04 Å². The van der Waals surface area contributed by atoms with Crippen molar-refractivity contribution in [3.8, 4) is 0 Å². The average Bonchev–Trinajstić information content (AvgIpc) is 3.08. The van der Waals surface area contributed by atoms with Gasteiger partial charge in [0.15, 0.2) is 0 Å². The molecular formula is C19H21ClN2O2S. The van der Waals surface area contributed by atoms with Gasteiger partial charge in [-0.05, 0) is 48.1 Å². The van der Waals surface area contributed by atoms with Gasteiger partial charge >= 0.3 is 0 Å². The van der Waals surface area contributed by atoms with E-state index in [-0.39, 0.29) is 11.8 Å². The summed E-state index contributed by atoms with van der Waals surface area (Å²) in [5, 5.41) is 5.47. The van der Waals surface area contributed by atoms with E-state index in [0.717, 1.165) is 12.8 Å². The number of nitrogens with zero attached hydrogens (tertiary/aromatic N) is 1. The Kier molecular flexibility index (Phi) is 5.76. The molecule has 6 heteroatoms. The minimum atomic E-state index is -0.503. The summed E-state index contributed by atoms with van der Waals surface area (Å²) in [5.41, 5.74) is 1.70. The molecule has 0 saturated carbocycles. The minimum Gasteiger partial charge on any atom is -0.340 e. The number of amides is 2. The Morgan fingerprint density at radius 3 is 2.96 bits per heavy atom. The first kappa shape index (κ1) is 18.0. The SMILES string of the molecule is CCCC(NC(=O)c1cccc(Cl)c1)C(=O)N1CCc2sccc2C1. The van der Waals surface area contributed by atoms with Crippen molar-refractivity contribution in [3.63, 3.8) is 0 Å². The van der Waals surface area contributed by atoms with E-state index in [0.29, 0.717) is 30.1 Å². The standard InChI is InChI=1S/C19H21ClN2O2S/c1-2-4-16(21-18(23)13-5-3-6-15(20)11-13)19(24)22-9-7-17-14(12-22)8-10-25-17/h3,5-6,8,10-11,16H,2,4,7,9,12H2,1H3,(H,21,23). The second kappa shape index (κ2) is 8.02. The molecule has 1 atom stereocenters. The van der Waals surface area contributed by atoms with Gasteiger partial charge in [0.05, 0.1) is 0 Å². The van der Waals surface area contributed by atoms with Crippen LogP contribution in [0.15, 0.2) is 35.7 Å². The molecule has 132 valence electrons. The van der Waals surface area contributed by atoms with Gasteiger partial charge in [-0.2, -0.15) is 0 Å². The van der Waals surface area contributed by atoms with Crippen LogP contribution in [0.2, 0.25) is 5.02 Å². The van der Waals surface area contributed by atoms with Gasteiger partial charge in [0.2, 0.25) is 5.91 Å². The van der Waals surface area contributed by atoms with E-state index >= 15 is 0 Å². The largest absolute Gasteiger partial charge is 0.340 e. The molecule has 4 nitrogen and oxygen atoms in total. The molecule has 1 aliphatic rings. The highest BCUT2D eigenvalue weighted by molar-refractivity contribution is 7.10. The van der Waals surface area contributed by atoms with Crippen molar-refractivity contribution in [2.75, 3.05) is 6.54 Å². The lowest BCUT2D eigenvalue weighted by Crippen LogP contribution is -2.49. The van der Waals surface area contributed by atoms with Crippen molar-refractivity contribution in [1.29, 1.82) is 0 Å². The van der Waals surface area contributed by atoms with Gasteiger partial charge in [-0.1, -0.05) is 31.0 Å². The summed E-state index contributed by atoms with van der Waals surface area (Å²) in [6.07, 6.45) is 2.34. The Hall–Kier alpha value is -1.85. The maximum Gasteiger partial charge on any atom is 0.251 e. The second-order valence-corrected chi connectivity index (χ2v) is 7.64. The molecule has 2 heterocycles. The molecule has 0 bridgehead atoms. The zero-order valence-electron chi connectivity index (χ0n) is 14.1. The molecule has 1 unspecified atom stereocenters. The number of nitrogens with one attached hydrogen (secondary N) is 1. The van der Waals surface area contributed by atoms with Gasteiger partial charge < -0.3 is 10.2 Å². The second-order valence-electron chi connectivity index (χ2n) is 6.20. The number of carbonyl (C=O) groups excluding carboxylic acids is 2. The molecule has 25 heavy (non-hydrogen) atoms. The van der Waals surface area contributed by atoms with E-state index in [2.05, 4.69) is 16.8 Å². The fourth-order valence-corrected chi connectivity index (χ4v) is 4.15. The molecule has 1 aromatic heterocycles. The Morgan fingerprint density at radius 2 is 2.20 bits per heavy atom. The summed E-state index contributed by atoms with van der Waals surface area (Å²) in [5.74, 6) is -0.267. The third-order valence-electron chi connectivity index (χ3n) is 4.39. The van der Waals surface area contributed by atoms with E-state index in [1.54, 1.807) is 35.6 Å². The number of carbonyl (C=O) groups is 2. The summed E-state index contributed by atoms with van der Waals surface area (Å²) >= 11 is 7.70. The molecular weight excluding hydrogens is 356 g/mol. The number of benzene rings is 1. The highest BCUT2D eigenvalue weighted by Crippen LogP contribution is 2.24. The van der Waals surface area contributed by atoms with E-state index < -0.39 is 6.04 Å². The van der Waals surface area contributed by atoms with Gasteiger partial charge in [0.25, 0.3) is 5.91 Å². The molecule has 0 aliphatic carbocycles. The van der Waals surface area contributed by atoms with Gasteiger partial charge in [-0.25, -0.2) is 0 Å². The first-order valence-electron chi connectivity index (χ1n) is 8.49. The van der Waals surface area contributed by atoms with Crippen LogP contribution in [0.4, 0.5) is 0 Å². The predicted octanol–water partition coefficient (Wildman–Crippen LogP) is 3.88.